The summed E-state index contributed by atoms with van der Waals surface area (Å²) in [7, 11) is 0. The Balaban J connectivity index is 1.91. The maximum absolute atomic E-state index is 12.7. The molecule has 0 radical (unpaired) electrons. The van der Waals surface area contributed by atoms with E-state index in [1.807, 2.05) is 30.3 Å². The first-order valence-corrected chi connectivity index (χ1v) is 7.85. The van der Waals surface area contributed by atoms with Gasteiger partial charge in [0.05, 0.1) is 16.8 Å². The van der Waals surface area contributed by atoms with Gasteiger partial charge in [0.2, 0.25) is 0 Å². The second-order valence-electron chi connectivity index (χ2n) is 6.86. The third-order valence-electron chi connectivity index (χ3n) is 4.47. The van der Waals surface area contributed by atoms with Gasteiger partial charge in [-0.1, -0.05) is 19.9 Å². The molecule has 3 aromatic heterocycles. The van der Waals surface area contributed by atoms with Crippen molar-refractivity contribution in [2.75, 3.05) is 0 Å². The van der Waals surface area contributed by atoms with E-state index in [1.165, 1.54) is 0 Å². The Morgan fingerprint density at radius 1 is 1.09 bits per heavy atom. The smallest absolute Gasteiger partial charge is 0.263 e. The summed E-state index contributed by atoms with van der Waals surface area (Å²) in [5.41, 5.74) is 2.23. The Labute approximate surface area is 134 Å². The van der Waals surface area contributed by atoms with Crippen LogP contribution in [0.15, 0.2) is 41.3 Å². The van der Waals surface area contributed by atoms with Crippen molar-refractivity contribution in [2.45, 2.75) is 33.2 Å². The highest BCUT2D eigenvalue weighted by molar-refractivity contribution is 5.76. The summed E-state index contributed by atoms with van der Waals surface area (Å²) in [5, 5.41) is 0.577. The Kier molecular flexibility index (Phi) is 3.04. The van der Waals surface area contributed by atoms with Gasteiger partial charge in [-0.25, -0.2) is 9.97 Å². The van der Waals surface area contributed by atoms with Gasteiger partial charge in [-0.15, -0.1) is 0 Å². The fraction of sp³-hybridized carbons (Fsp3) is 0.333. The van der Waals surface area contributed by atoms with E-state index in [9.17, 15) is 4.79 Å². The first-order valence-electron chi connectivity index (χ1n) is 7.85. The molecule has 0 aromatic carbocycles. The van der Waals surface area contributed by atoms with Gasteiger partial charge in [0.15, 0.2) is 5.65 Å². The molecule has 0 saturated carbocycles. The molecule has 0 atom stereocenters. The second kappa shape index (κ2) is 4.98. The fourth-order valence-corrected chi connectivity index (χ4v) is 3.10. The quantitative estimate of drug-likeness (QED) is 0.693. The molecule has 5 nitrogen and oxygen atoms in total. The molecule has 0 fully saturated rings. The summed E-state index contributed by atoms with van der Waals surface area (Å²) < 4.78 is 1.80. The van der Waals surface area contributed by atoms with E-state index in [2.05, 4.69) is 28.8 Å². The summed E-state index contributed by atoms with van der Waals surface area (Å²) >= 11 is 0. The Hall–Kier alpha value is -2.56. The van der Waals surface area contributed by atoms with Crippen LogP contribution in [-0.4, -0.2) is 19.5 Å². The summed E-state index contributed by atoms with van der Waals surface area (Å²) in [4.78, 5) is 26.3. The average Bonchev–Trinajstić information content (AvgIpc) is 2.54. The van der Waals surface area contributed by atoms with E-state index in [0.717, 1.165) is 36.6 Å². The molecule has 1 aliphatic rings. The fourth-order valence-electron chi connectivity index (χ4n) is 3.10. The van der Waals surface area contributed by atoms with Crippen molar-refractivity contribution in [2.24, 2.45) is 5.41 Å². The van der Waals surface area contributed by atoms with E-state index in [4.69, 9.17) is 0 Å². The zero-order valence-electron chi connectivity index (χ0n) is 13.3. The van der Waals surface area contributed by atoms with Crippen molar-refractivity contribution in [1.29, 1.82) is 0 Å². The molecule has 116 valence electrons. The summed E-state index contributed by atoms with van der Waals surface area (Å²) in [5.74, 6) is 0.837. The summed E-state index contributed by atoms with van der Waals surface area (Å²) in [6, 6.07) is 9.35. The molecule has 23 heavy (non-hydrogen) atoms. The van der Waals surface area contributed by atoms with E-state index in [1.54, 1.807) is 10.8 Å². The highest BCUT2D eigenvalue weighted by atomic mass is 16.1. The third-order valence-corrected chi connectivity index (χ3v) is 4.47. The lowest BCUT2D eigenvalue weighted by Crippen LogP contribution is -2.35. The van der Waals surface area contributed by atoms with E-state index >= 15 is 0 Å². The molecule has 0 aliphatic carbocycles. The molecular formula is C18H18N4O. The molecule has 3 aromatic rings. The van der Waals surface area contributed by atoms with Crippen LogP contribution in [0.25, 0.3) is 22.4 Å². The molecule has 0 spiro atoms. The lowest BCUT2D eigenvalue weighted by molar-refractivity contribution is 0.261. The molecule has 4 heterocycles. The van der Waals surface area contributed by atoms with E-state index in [0.29, 0.717) is 11.0 Å². The van der Waals surface area contributed by atoms with Crippen LogP contribution in [0.5, 0.6) is 0 Å². The molecule has 1 aliphatic heterocycles. The van der Waals surface area contributed by atoms with Crippen LogP contribution in [-0.2, 0) is 13.0 Å². The number of aromatic nitrogens is 4. The van der Waals surface area contributed by atoms with E-state index < -0.39 is 0 Å². The molecule has 0 saturated heterocycles. The zero-order chi connectivity index (χ0) is 16.0. The van der Waals surface area contributed by atoms with Crippen LogP contribution < -0.4 is 5.56 Å². The molecule has 0 bridgehead atoms. The van der Waals surface area contributed by atoms with Gasteiger partial charge in [-0.05, 0) is 36.1 Å². The van der Waals surface area contributed by atoms with Gasteiger partial charge in [0.1, 0.15) is 5.82 Å². The first kappa shape index (κ1) is 14.1. The van der Waals surface area contributed by atoms with Crippen LogP contribution in [0.2, 0.25) is 0 Å². The van der Waals surface area contributed by atoms with Crippen molar-refractivity contribution in [1.82, 2.24) is 19.5 Å². The number of nitrogens with zero attached hydrogens (tertiary/aromatic N) is 4. The molecular weight excluding hydrogens is 288 g/mol. The van der Waals surface area contributed by atoms with Crippen LogP contribution in [0.4, 0.5) is 0 Å². The van der Waals surface area contributed by atoms with Gasteiger partial charge in [0.25, 0.3) is 5.56 Å². The first-order chi connectivity index (χ1) is 11.0. The monoisotopic (exact) mass is 306 g/mol. The molecule has 0 amide bonds. The third kappa shape index (κ3) is 2.42. The zero-order valence-corrected chi connectivity index (χ0v) is 13.3. The highest BCUT2D eigenvalue weighted by Gasteiger charge is 2.27. The van der Waals surface area contributed by atoms with Crippen molar-refractivity contribution in [3.63, 3.8) is 0 Å². The molecule has 0 unspecified atom stereocenters. The van der Waals surface area contributed by atoms with Gasteiger partial charge < -0.3 is 0 Å². The molecule has 5 heteroatoms. The van der Waals surface area contributed by atoms with Crippen LogP contribution in [0.3, 0.4) is 0 Å². The Morgan fingerprint density at radius 3 is 2.74 bits per heavy atom. The number of hydrogen-bond acceptors (Lipinski definition) is 4. The van der Waals surface area contributed by atoms with Gasteiger partial charge in [-0.3, -0.25) is 14.3 Å². The van der Waals surface area contributed by atoms with Crippen LogP contribution in [0.1, 0.15) is 26.1 Å². The van der Waals surface area contributed by atoms with Gasteiger partial charge in [-0.2, -0.15) is 0 Å². The SMILES string of the molecule is CC1(C)CCn2c(nc3nc(-c4ccccn4)ccc3c2=O)C1. The van der Waals surface area contributed by atoms with Crippen molar-refractivity contribution < 1.29 is 0 Å². The molecule has 0 N–H and O–H groups in total. The predicted molar refractivity (Wildman–Crippen MR) is 89.1 cm³/mol. The summed E-state index contributed by atoms with van der Waals surface area (Å²) in [6.45, 7) is 5.15. The topological polar surface area (TPSA) is 60.7 Å². The maximum atomic E-state index is 12.7. The normalized spacial score (nSPS) is 16.3. The minimum atomic E-state index is 0.0144. The standard InChI is InChI=1S/C18H18N4O/c1-18(2)8-10-22-15(11-18)21-16-12(17(22)23)6-7-14(20-16)13-5-3-4-9-19-13/h3-7,9H,8,10-11H2,1-2H3. The van der Waals surface area contributed by atoms with Gasteiger partial charge >= 0.3 is 0 Å². The van der Waals surface area contributed by atoms with Crippen molar-refractivity contribution in [3.05, 3.63) is 52.7 Å². The van der Waals surface area contributed by atoms with Crippen LogP contribution >= 0.6 is 0 Å². The molecule has 4 rings (SSSR count). The van der Waals surface area contributed by atoms with Crippen molar-refractivity contribution in [3.8, 4) is 11.4 Å². The Bertz CT molecular complexity index is 944. The van der Waals surface area contributed by atoms with E-state index in [-0.39, 0.29) is 11.0 Å². The largest absolute Gasteiger partial charge is 0.296 e. The van der Waals surface area contributed by atoms with Crippen molar-refractivity contribution >= 4 is 11.0 Å². The number of rotatable bonds is 1. The number of hydrogen-bond donors (Lipinski definition) is 0. The summed E-state index contributed by atoms with van der Waals surface area (Å²) in [6.07, 6.45) is 3.53. The van der Waals surface area contributed by atoms with Gasteiger partial charge in [0, 0.05) is 19.2 Å². The second-order valence-corrected chi connectivity index (χ2v) is 6.86. The average molecular weight is 306 g/mol. The Morgan fingerprint density at radius 2 is 1.96 bits per heavy atom. The lowest BCUT2D eigenvalue weighted by Gasteiger charge is -2.31. The van der Waals surface area contributed by atoms with Crippen LogP contribution in [0, 0.1) is 5.41 Å². The number of fused-ring (bicyclic) bond motifs is 2. The minimum absolute atomic E-state index is 0.0144. The highest BCUT2D eigenvalue weighted by Crippen LogP contribution is 2.30. The minimum Gasteiger partial charge on any atom is -0.296 e. The maximum Gasteiger partial charge on any atom is 0.263 e. The number of pyridine rings is 2. The predicted octanol–water partition coefficient (Wildman–Crippen LogP) is 2.83. The lowest BCUT2D eigenvalue weighted by atomic mass is 9.83.